The maximum atomic E-state index is 13.0. The molecule has 1 N–H and O–H groups in total. The van der Waals surface area contributed by atoms with Gasteiger partial charge in [0, 0.05) is 12.3 Å². The van der Waals surface area contributed by atoms with Gasteiger partial charge >= 0.3 is 0 Å². The predicted molar refractivity (Wildman–Crippen MR) is 109 cm³/mol. The first-order valence-electron chi connectivity index (χ1n) is 8.44. The number of rotatable bonds is 6. The summed E-state index contributed by atoms with van der Waals surface area (Å²) in [6.07, 6.45) is 0.702. The number of hydrogen-bond donors (Lipinski definition) is 1. The van der Waals surface area contributed by atoms with E-state index < -0.39 is 21.6 Å². The fraction of sp³-hybridized carbons (Fsp3) is 0.316. The third-order valence-electron chi connectivity index (χ3n) is 4.36. The number of hydrogen-bond acceptors (Lipinski definition) is 5. The molecule has 2 aromatic rings. The number of halogens is 1. The fourth-order valence-electron chi connectivity index (χ4n) is 2.91. The summed E-state index contributed by atoms with van der Waals surface area (Å²) in [5.41, 5.74) is 0.477. The highest BCUT2D eigenvalue weighted by Crippen LogP contribution is 2.26. The number of anilines is 1. The molecule has 1 fully saturated rings. The van der Waals surface area contributed by atoms with Gasteiger partial charge in [-0.3, -0.25) is 4.79 Å². The summed E-state index contributed by atoms with van der Waals surface area (Å²) >= 11 is 0. The lowest BCUT2D eigenvalue weighted by atomic mass is 10.1. The van der Waals surface area contributed by atoms with Gasteiger partial charge < -0.3 is 14.8 Å². The lowest BCUT2D eigenvalue weighted by Crippen LogP contribution is -2.18. The molecule has 0 aliphatic carbocycles. The Hall–Kier alpha value is -2.10. The molecule has 28 heavy (non-hydrogen) atoms. The maximum Gasteiger partial charge on any atom is 0.259 e. The molecular formula is C19H22FNO5S2. The van der Waals surface area contributed by atoms with Crippen molar-refractivity contribution in [2.45, 2.75) is 11.3 Å². The van der Waals surface area contributed by atoms with Crippen molar-refractivity contribution in [2.24, 2.45) is 5.92 Å². The second-order valence-corrected chi connectivity index (χ2v) is 8.37. The molecule has 3 rings (SSSR count). The van der Waals surface area contributed by atoms with E-state index in [1.54, 1.807) is 0 Å². The molecule has 152 valence electrons. The van der Waals surface area contributed by atoms with Gasteiger partial charge in [-0.25, -0.2) is 12.8 Å². The average Bonchev–Trinajstić information content (AvgIpc) is 3.15. The van der Waals surface area contributed by atoms with Crippen molar-refractivity contribution in [1.29, 1.82) is 0 Å². The number of ether oxygens (including phenoxy) is 2. The molecule has 2 aromatic carbocycles. The zero-order chi connectivity index (χ0) is 19.4. The number of benzene rings is 2. The standard InChI is InChI=1S/C19H20FNO5S.H2S/c1-25-18-7-6-16(27(23,24)12-13-8-9-26-11-13)10-17(18)19(22)21-15-4-2-14(20)3-5-15;/h2-7,10,13H,8-9,11-12H2,1H3,(H,21,22);1H2/t13-;/m0./s1. The Balaban J connectivity index is 0.00000280. The highest BCUT2D eigenvalue weighted by Gasteiger charge is 2.26. The van der Waals surface area contributed by atoms with Gasteiger partial charge in [-0.2, -0.15) is 13.5 Å². The van der Waals surface area contributed by atoms with E-state index in [1.165, 1.54) is 49.6 Å². The van der Waals surface area contributed by atoms with E-state index in [0.29, 0.717) is 25.3 Å². The first-order chi connectivity index (χ1) is 12.9. The van der Waals surface area contributed by atoms with E-state index in [0.717, 1.165) is 0 Å². The first kappa shape index (κ1) is 22.2. The Morgan fingerprint density at radius 1 is 1.25 bits per heavy atom. The monoisotopic (exact) mass is 427 g/mol. The minimum Gasteiger partial charge on any atom is -0.496 e. The summed E-state index contributed by atoms with van der Waals surface area (Å²) in [6, 6.07) is 9.47. The Labute approximate surface area is 170 Å². The number of amides is 1. The summed E-state index contributed by atoms with van der Waals surface area (Å²) in [5.74, 6) is -0.793. The van der Waals surface area contributed by atoms with E-state index in [2.05, 4.69) is 5.32 Å². The lowest BCUT2D eigenvalue weighted by Gasteiger charge is -2.13. The van der Waals surface area contributed by atoms with Crippen molar-refractivity contribution in [1.82, 2.24) is 0 Å². The highest BCUT2D eigenvalue weighted by molar-refractivity contribution is 7.91. The molecule has 0 saturated carbocycles. The predicted octanol–water partition coefficient (Wildman–Crippen LogP) is 3.01. The molecule has 0 bridgehead atoms. The van der Waals surface area contributed by atoms with E-state index in [1.807, 2.05) is 0 Å². The molecule has 0 aromatic heterocycles. The topological polar surface area (TPSA) is 81.7 Å². The van der Waals surface area contributed by atoms with E-state index in [-0.39, 0.29) is 41.4 Å². The molecule has 1 aliphatic heterocycles. The van der Waals surface area contributed by atoms with Crippen molar-refractivity contribution in [3.8, 4) is 5.75 Å². The van der Waals surface area contributed by atoms with Gasteiger partial charge in [0.1, 0.15) is 11.6 Å². The van der Waals surface area contributed by atoms with Crippen LogP contribution in [-0.4, -0.2) is 40.4 Å². The first-order valence-corrected chi connectivity index (χ1v) is 10.1. The highest BCUT2D eigenvalue weighted by atomic mass is 32.2. The Morgan fingerprint density at radius 3 is 2.57 bits per heavy atom. The summed E-state index contributed by atoms with van der Waals surface area (Å²) in [4.78, 5) is 12.7. The number of sulfone groups is 1. The number of carbonyl (C=O) groups excluding carboxylic acids is 1. The zero-order valence-electron chi connectivity index (χ0n) is 15.3. The van der Waals surface area contributed by atoms with Crippen molar-refractivity contribution < 1.29 is 27.1 Å². The maximum absolute atomic E-state index is 13.0. The minimum absolute atomic E-state index is 0. The van der Waals surface area contributed by atoms with Crippen LogP contribution in [0, 0.1) is 11.7 Å². The van der Waals surface area contributed by atoms with Crippen molar-refractivity contribution in [3.63, 3.8) is 0 Å². The quantitative estimate of drug-likeness (QED) is 0.766. The molecule has 1 heterocycles. The van der Waals surface area contributed by atoms with Gasteiger partial charge in [0.2, 0.25) is 0 Å². The van der Waals surface area contributed by atoms with Gasteiger partial charge in [0.05, 0.1) is 29.9 Å². The molecule has 1 amide bonds. The number of nitrogens with one attached hydrogen (secondary N) is 1. The van der Waals surface area contributed by atoms with Crippen LogP contribution in [0.25, 0.3) is 0 Å². The van der Waals surface area contributed by atoms with E-state index in [4.69, 9.17) is 9.47 Å². The molecule has 9 heteroatoms. The Bertz CT molecular complexity index is 926. The van der Waals surface area contributed by atoms with Crippen LogP contribution in [0.1, 0.15) is 16.8 Å². The molecule has 1 aliphatic rings. The summed E-state index contributed by atoms with van der Waals surface area (Å²) in [7, 11) is -2.17. The molecular weight excluding hydrogens is 405 g/mol. The second kappa shape index (κ2) is 9.40. The average molecular weight is 428 g/mol. The molecule has 0 radical (unpaired) electrons. The molecule has 6 nitrogen and oxygen atoms in total. The van der Waals surface area contributed by atoms with Crippen LogP contribution >= 0.6 is 13.5 Å². The zero-order valence-corrected chi connectivity index (χ0v) is 17.1. The van der Waals surface area contributed by atoms with Gasteiger partial charge in [-0.05, 0) is 54.8 Å². The van der Waals surface area contributed by atoms with Crippen LogP contribution in [-0.2, 0) is 14.6 Å². The van der Waals surface area contributed by atoms with Crippen LogP contribution in [0.5, 0.6) is 5.75 Å². The third kappa shape index (κ3) is 5.24. The number of methoxy groups -OCH3 is 1. The largest absolute Gasteiger partial charge is 0.496 e. The molecule has 1 saturated heterocycles. The Kier molecular flexibility index (Phi) is 7.45. The minimum atomic E-state index is -3.57. The smallest absolute Gasteiger partial charge is 0.259 e. The van der Waals surface area contributed by atoms with Crippen molar-refractivity contribution in [3.05, 3.63) is 53.8 Å². The second-order valence-electron chi connectivity index (χ2n) is 6.33. The SMILES string of the molecule is COc1ccc(S(=O)(=O)C[C@H]2CCOC2)cc1C(=O)Nc1ccc(F)cc1.S. The normalized spacial score (nSPS) is 16.3. The van der Waals surface area contributed by atoms with Crippen LogP contribution in [0.2, 0.25) is 0 Å². The van der Waals surface area contributed by atoms with Crippen molar-refractivity contribution in [2.75, 3.05) is 31.4 Å². The van der Waals surface area contributed by atoms with Gasteiger partial charge in [0.25, 0.3) is 5.91 Å². The third-order valence-corrected chi connectivity index (χ3v) is 6.24. The lowest BCUT2D eigenvalue weighted by molar-refractivity contribution is 0.102. The molecule has 1 atom stereocenters. The fourth-order valence-corrected chi connectivity index (χ4v) is 4.56. The number of carbonyl (C=O) groups is 1. The van der Waals surface area contributed by atoms with Crippen molar-refractivity contribution >= 4 is 34.9 Å². The van der Waals surface area contributed by atoms with E-state index >= 15 is 0 Å². The van der Waals surface area contributed by atoms with Crippen LogP contribution < -0.4 is 10.1 Å². The van der Waals surface area contributed by atoms with Crippen LogP contribution in [0.3, 0.4) is 0 Å². The van der Waals surface area contributed by atoms with Crippen LogP contribution in [0.4, 0.5) is 10.1 Å². The molecule has 0 spiro atoms. The van der Waals surface area contributed by atoms with Gasteiger partial charge in [0.15, 0.2) is 9.84 Å². The van der Waals surface area contributed by atoms with Gasteiger partial charge in [-0.15, -0.1) is 0 Å². The van der Waals surface area contributed by atoms with E-state index in [9.17, 15) is 17.6 Å². The summed E-state index contributed by atoms with van der Waals surface area (Å²) < 4.78 is 48.8. The molecule has 0 unspecified atom stereocenters. The summed E-state index contributed by atoms with van der Waals surface area (Å²) in [5, 5.41) is 2.61. The summed E-state index contributed by atoms with van der Waals surface area (Å²) in [6.45, 7) is 0.988. The van der Waals surface area contributed by atoms with Crippen LogP contribution in [0.15, 0.2) is 47.4 Å². The Morgan fingerprint density at radius 2 is 1.96 bits per heavy atom. The van der Waals surface area contributed by atoms with Gasteiger partial charge in [-0.1, -0.05) is 0 Å².